The molecule has 0 N–H and O–H groups in total. The van der Waals surface area contributed by atoms with E-state index in [9.17, 15) is 0 Å². The molecule has 88 valence electrons. The fourth-order valence-electron chi connectivity index (χ4n) is 1.28. The third-order valence-electron chi connectivity index (χ3n) is 2.11. The molecular weight excluding hydrogens is 224 g/mol. The van der Waals surface area contributed by atoms with Crippen molar-refractivity contribution in [3.8, 4) is 0 Å². The summed E-state index contributed by atoms with van der Waals surface area (Å²) in [7, 11) is 0. The van der Waals surface area contributed by atoms with E-state index in [4.69, 9.17) is 0 Å². The van der Waals surface area contributed by atoms with Crippen molar-refractivity contribution in [1.29, 1.82) is 0 Å². The number of rotatable bonds is 3. The van der Waals surface area contributed by atoms with Gasteiger partial charge in [0.2, 0.25) is 0 Å². The molecule has 0 bridgehead atoms. The molecule has 2 aromatic carbocycles. The summed E-state index contributed by atoms with van der Waals surface area (Å²) >= 11 is 0. The fourth-order valence-corrected chi connectivity index (χ4v) is 1.28. The van der Waals surface area contributed by atoms with Crippen LogP contribution in [0.15, 0.2) is 54.6 Å². The Morgan fingerprint density at radius 1 is 0.933 bits per heavy atom. The van der Waals surface area contributed by atoms with Crippen molar-refractivity contribution < 1.29 is 17.1 Å². The summed E-state index contributed by atoms with van der Waals surface area (Å²) in [6, 6.07) is 18.6. The van der Waals surface area contributed by atoms with E-state index in [2.05, 4.69) is 31.2 Å². The van der Waals surface area contributed by atoms with Crippen LogP contribution in [-0.4, -0.2) is 0 Å². The maximum atomic E-state index is 2.23. The van der Waals surface area contributed by atoms with E-state index in [-0.39, 0.29) is 17.1 Å². The van der Waals surface area contributed by atoms with Crippen molar-refractivity contribution in [3.63, 3.8) is 0 Å². The smallest absolute Gasteiger partial charge is 0 e. The molecule has 0 radical (unpaired) electrons. The molecule has 0 heterocycles. The van der Waals surface area contributed by atoms with Crippen LogP contribution < -0.4 is 0 Å². The van der Waals surface area contributed by atoms with Crippen LogP contribution in [0.4, 0.5) is 0 Å². The monoisotopic (exact) mass is 242 g/mol. The van der Waals surface area contributed by atoms with Crippen LogP contribution >= 0.6 is 0 Å². The van der Waals surface area contributed by atoms with Crippen molar-refractivity contribution in [2.24, 2.45) is 0 Å². The average molecular weight is 242 g/mol. The summed E-state index contributed by atoms with van der Waals surface area (Å²) in [5.74, 6) is 0. The maximum absolute atomic E-state index is 2.23. The second-order valence-corrected chi connectivity index (χ2v) is 3.36. The fraction of sp³-hybridized carbons (Fsp3) is 0.286. The minimum absolute atomic E-state index is 0. The molecule has 0 saturated heterocycles. The SMILES string of the molecule is CCCC[c-]1cccc1.[Fe].[cH-]1[cH-][cH-][cH-][cH-]1. The number of aryl methyl sites for hydroxylation is 1. The van der Waals surface area contributed by atoms with Gasteiger partial charge in [0.15, 0.2) is 0 Å². The van der Waals surface area contributed by atoms with Crippen LogP contribution in [0.5, 0.6) is 0 Å². The van der Waals surface area contributed by atoms with Gasteiger partial charge in [0.25, 0.3) is 0 Å². The topological polar surface area (TPSA) is 0 Å². The zero-order chi connectivity index (χ0) is 10.1. The Balaban J connectivity index is 0.000000280. The molecule has 0 unspecified atom stereocenters. The van der Waals surface area contributed by atoms with Gasteiger partial charge in [-0.2, -0.15) is 17.7 Å². The summed E-state index contributed by atoms with van der Waals surface area (Å²) in [4.78, 5) is 0. The maximum Gasteiger partial charge on any atom is 0 e. The molecule has 2 rings (SSSR count). The van der Waals surface area contributed by atoms with Gasteiger partial charge in [0.05, 0.1) is 0 Å². The van der Waals surface area contributed by atoms with Gasteiger partial charge in [-0.15, -0.1) is 0 Å². The van der Waals surface area contributed by atoms with E-state index in [1.807, 2.05) is 30.3 Å². The first-order valence-corrected chi connectivity index (χ1v) is 5.30. The number of unbranched alkanes of at least 4 members (excludes halogenated alkanes) is 1. The van der Waals surface area contributed by atoms with E-state index in [0.29, 0.717) is 0 Å². The summed E-state index contributed by atoms with van der Waals surface area (Å²) in [6.07, 6.45) is 3.87. The third kappa shape index (κ3) is 7.18. The number of hydrogen-bond donors (Lipinski definition) is 0. The van der Waals surface area contributed by atoms with E-state index < -0.39 is 0 Å². The third-order valence-corrected chi connectivity index (χ3v) is 2.11. The van der Waals surface area contributed by atoms with Gasteiger partial charge >= 0.3 is 0 Å². The van der Waals surface area contributed by atoms with Gasteiger partial charge in [-0.1, -0.05) is 26.2 Å². The molecule has 0 atom stereocenters. The molecule has 0 fully saturated rings. The van der Waals surface area contributed by atoms with Crippen LogP contribution in [-0.2, 0) is 23.5 Å². The molecule has 15 heavy (non-hydrogen) atoms. The Bertz CT molecular complexity index is 262. The van der Waals surface area contributed by atoms with Gasteiger partial charge in [-0.05, 0) is 0 Å². The quantitative estimate of drug-likeness (QED) is 0.560. The first kappa shape index (κ1) is 14.2. The van der Waals surface area contributed by atoms with Crippen LogP contribution in [0, 0.1) is 0 Å². The molecule has 0 aliphatic heterocycles. The molecule has 0 amide bonds. The normalized spacial score (nSPS) is 8.60. The largest absolute Gasteiger partial charge is 0.748 e. The molecule has 0 aliphatic carbocycles. The molecule has 0 aromatic heterocycles. The second-order valence-electron chi connectivity index (χ2n) is 3.36. The second kappa shape index (κ2) is 9.76. The minimum atomic E-state index is 0. The molecule has 0 nitrogen and oxygen atoms in total. The van der Waals surface area contributed by atoms with E-state index >= 15 is 0 Å². The van der Waals surface area contributed by atoms with Crippen molar-refractivity contribution in [3.05, 3.63) is 60.2 Å². The summed E-state index contributed by atoms with van der Waals surface area (Å²) in [6.45, 7) is 2.23. The average Bonchev–Trinajstić information content (AvgIpc) is 2.90. The van der Waals surface area contributed by atoms with Gasteiger partial charge < -0.3 is 30.3 Å². The molecular formula is C14H18Fe-6. The Labute approximate surface area is 104 Å². The Kier molecular flexibility index (Phi) is 9.25. The predicted octanol–water partition coefficient (Wildman–Crippen LogP) is 4.15. The Morgan fingerprint density at radius 2 is 1.40 bits per heavy atom. The van der Waals surface area contributed by atoms with E-state index in [1.165, 1.54) is 24.8 Å². The van der Waals surface area contributed by atoms with Crippen molar-refractivity contribution in [1.82, 2.24) is 0 Å². The molecule has 0 saturated carbocycles. The summed E-state index contributed by atoms with van der Waals surface area (Å²) in [5.41, 5.74) is 1.48. The van der Waals surface area contributed by atoms with Crippen LogP contribution in [0.3, 0.4) is 0 Å². The molecule has 0 aliphatic rings. The molecule has 0 spiro atoms. The predicted molar refractivity (Wildman–Crippen MR) is 62.7 cm³/mol. The first-order chi connectivity index (χ1) is 6.93. The van der Waals surface area contributed by atoms with Crippen LogP contribution in [0.1, 0.15) is 25.3 Å². The standard InChI is InChI=1S/C9H13.C5H5.Fe/c1-2-3-6-9-7-4-5-8-9;1-2-4-5-3-1;/h4-5,7-8H,2-3,6H2,1H3;1-5H;/q-1;-5;. The summed E-state index contributed by atoms with van der Waals surface area (Å²) in [5, 5.41) is 0. The summed E-state index contributed by atoms with van der Waals surface area (Å²) < 4.78 is 0. The van der Waals surface area contributed by atoms with Gasteiger partial charge in [0, 0.05) is 17.1 Å². The van der Waals surface area contributed by atoms with Crippen molar-refractivity contribution in [2.75, 3.05) is 0 Å². The van der Waals surface area contributed by atoms with E-state index in [1.54, 1.807) is 0 Å². The van der Waals surface area contributed by atoms with Crippen molar-refractivity contribution in [2.45, 2.75) is 26.2 Å². The molecule has 1 heteroatoms. The first-order valence-electron chi connectivity index (χ1n) is 5.30. The van der Waals surface area contributed by atoms with Gasteiger partial charge in [-0.25, -0.2) is 12.1 Å². The van der Waals surface area contributed by atoms with Gasteiger partial charge in [-0.3, -0.25) is 0 Å². The number of hydrogen-bond acceptors (Lipinski definition) is 0. The minimum Gasteiger partial charge on any atom is -0.748 e. The van der Waals surface area contributed by atoms with E-state index in [0.717, 1.165) is 0 Å². The Morgan fingerprint density at radius 3 is 1.80 bits per heavy atom. The zero-order valence-corrected chi connectivity index (χ0v) is 10.3. The van der Waals surface area contributed by atoms with Crippen LogP contribution in [0.25, 0.3) is 0 Å². The van der Waals surface area contributed by atoms with Crippen LogP contribution in [0.2, 0.25) is 0 Å². The van der Waals surface area contributed by atoms with Gasteiger partial charge in [0.1, 0.15) is 0 Å². The van der Waals surface area contributed by atoms with Crippen molar-refractivity contribution >= 4 is 0 Å². The Hall–Kier alpha value is -0.781. The zero-order valence-electron chi connectivity index (χ0n) is 9.17. The molecule has 2 aromatic rings.